The van der Waals surface area contributed by atoms with Gasteiger partial charge in [0, 0.05) is 5.56 Å². The summed E-state index contributed by atoms with van der Waals surface area (Å²) >= 11 is 3.29. The van der Waals surface area contributed by atoms with Gasteiger partial charge in [-0.1, -0.05) is 30.3 Å². The van der Waals surface area contributed by atoms with Crippen LogP contribution in [0.15, 0.2) is 34.8 Å². The van der Waals surface area contributed by atoms with Crippen LogP contribution in [0, 0.1) is 0 Å². The van der Waals surface area contributed by atoms with Crippen LogP contribution in [0.4, 0.5) is 0 Å². The molecule has 1 heterocycles. The Bertz CT molecular complexity index is 610. The van der Waals surface area contributed by atoms with Gasteiger partial charge in [-0.05, 0) is 15.9 Å². The first-order valence-electron chi connectivity index (χ1n) is 5.39. The maximum absolute atomic E-state index is 11.7. The number of rotatable bonds is 4. The number of carbonyl (C=O) groups is 2. The average Bonchev–Trinajstić information content (AvgIpc) is 2.79. The highest BCUT2D eigenvalue weighted by atomic mass is 79.9. The third kappa shape index (κ3) is 3.00. The smallest absolute Gasteiger partial charge is 0.322 e. The summed E-state index contributed by atoms with van der Waals surface area (Å²) in [5.74, 6) is -1.63. The van der Waals surface area contributed by atoms with Crippen molar-refractivity contribution in [3.05, 3.63) is 40.5 Å². The molecule has 0 aliphatic rings. The highest BCUT2D eigenvalue weighted by Crippen LogP contribution is 2.28. The molecule has 0 spiro atoms. The van der Waals surface area contributed by atoms with E-state index in [4.69, 9.17) is 5.11 Å². The van der Waals surface area contributed by atoms with Crippen molar-refractivity contribution in [3.8, 4) is 11.3 Å². The van der Waals surface area contributed by atoms with E-state index in [1.54, 1.807) is 0 Å². The summed E-state index contributed by atoms with van der Waals surface area (Å²) in [4.78, 5) is 22.1. The standard InChI is InChI=1S/C12H10BrN3O3/c13-9-10(7-4-2-1-3-5-7)15-16-11(9)12(19)14-6-8(17)18/h1-5H,6H2,(H,14,19)(H,15,16)(H,17,18). The Morgan fingerprint density at radius 2 is 2.00 bits per heavy atom. The molecule has 0 bridgehead atoms. The van der Waals surface area contributed by atoms with Crippen molar-refractivity contribution >= 4 is 27.8 Å². The SMILES string of the molecule is O=C(O)CNC(=O)c1[nH]nc(-c2ccccc2)c1Br. The molecule has 0 unspecified atom stereocenters. The summed E-state index contributed by atoms with van der Waals surface area (Å²) in [5.41, 5.74) is 1.64. The molecule has 0 atom stereocenters. The number of nitrogens with one attached hydrogen (secondary N) is 2. The number of carbonyl (C=O) groups excluding carboxylic acids is 1. The number of benzene rings is 1. The van der Waals surface area contributed by atoms with E-state index in [2.05, 4.69) is 31.4 Å². The molecule has 7 heteroatoms. The fourth-order valence-corrected chi connectivity index (χ4v) is 2.10. The van der Waals surface area contributed by atoms with Gasteiger partial charge in [-0.2, -0.15) is 5.10 Å². The summed E-state index contributed by atoms with van der Waals surface area (Å²) in [5, 5.41) is 17.4. The maximum Gasteiger partial charge on any atom is 0.322 e. The van der Waals surface area contributed by atoms with Crippen molar-refractivity contribution in [3.63, 3.8) is 0 Å². The lowest BCUT2D eigenvalue weighted by molar-refractivity contribution is -0.135. The van der Waals surface area contributed by atoms with Gasteiger partial charge in [-0.15, -0.1) is 0 Å². The Morgan fingerprint density at radius 1 is 1.32 bits per heavy atom. The molecule has 0 aliphatic heterocycles. The van der Waals surface area contributed by atoms with Crippen LogP contribution in [0.25, 0.3) is 11.3 Å². The molecule has 3 N–H and O–H groups in total. The fourth-order valence-electron chi connectivity index (χ4n) is 1.51. The number of H-pyrrole nitrogens is 1. The van der Waals surface area contributed by atoms with Gasteiger partial charge in [0.2, 0.25) is 0 Å². The Labute approximate surface area is 117 Å². The number of amides is 1. The van der Waals surface area contributed by atoms with E-state index in [-0.39, 0.29) is 5.69 Å². The van der Waals surface area contributed by atoms with E-state index in [0.717, 1.165) is 5.56 Å². The van der Waals surface area contributed by atoms with Gasteiger partial charge in [0.25, 0.3) is 5.91 Å². The molecule has 98 valence electrons. The second kappa shape index (κ2) is 5.66. The molecule has 6 nitrogen and oxygen atoms in total. The van der Waals surface area contributed by atoms with Gasteiger partial charge in [0.15, 0.2) is 0 Å². The van der Waals surface area contributed by atoms with Gasteiger partial charge in [0.1, 0.15) is 17.9 Å². The number of aromatic nitrogens is 2. The highest BCUT2D eigenvalue weighted by molar-refractivity contribution is 9.10. The number of hydrogen-bond acceptors (Lipinski definition) is 3. The highest BCUT2D eigenvalue weighted by Gasteiger charge is 2.18. The van der Waals surface area contributed by atoms with Crippen molar-refractivity contribution in [1.82, 2.24) is 15.5 Å². The molecular formula is C12H10BrN3O3. The summed E-state index contributed by atoms with van der Waals surface area (Å²) in [6, 6.07) is 9.32. The molecule has 1 aromatic heterocycles. The van der Waals surface area contributed by atoms with Crippen molar-refractivity contribution < 1.29 is 14.7 Å². The number of halogens is 1. The van der Waals surface area contributed by atoms with Crippen LogP contribution in [-0.4, -0.2) is 33.7 Å². The minimum absolute atomic E-state index is 0.195. The normalized spacial score (nSPS) is 10.2. The van der Waals surface area contributed by atoms with Crippen molar-refractivity contribution in [2.75, 3.05) is 6.54 Å². The summed E-state index contributed by atoms with van der Waals surface area (Å²) < 4.78 is 0.501. The molecule has 0 fully saturated rings. The maximum atomic E-state index is 11.7. The van der Waals surface area contributed by atoms with Crippen molar-refractivity contribution in [1.29, 1.82) is 0 Å². The zero-order chi connectivity index (χ0) is 13.8. The minimum atomic E-state index is -1.10. The number of hydrogen-bond donors (Lipinski definition) is 3. The van der Waals surface area contributed by atoms with Gasteiger partial charge in [0.05, 0.1) is 4.47 Å². The molecular weight excluding hydrogens is 314 g/mol. The molecule has 2 aromatic rings. The molecule has 1 amide bonds. The molecule has 0 saturated carbocycles. The Balaban J connectivity index is 2.24. The van der Waals surface area contributed by atoms with Crippen molar-refractivity contribution in [2.45, 2.75) is 0 Å². The third-order valence-electron chi connectivity index (χ3n) is 2.38. The monoisotopic (exact) mass is 323 g/mol. The second-order valence-corrected chi connectivity index (χ2v) is 4.50. The van der Waals surface area contributed by atoms with E-state index < -0.39 is 18.4 Å². The minimum Gasteiger partial charge on any atom is -0.480 e. The zero-order valence-electron chi connectivity index (χ0n) is 9.68. The predicted octanol–water partition coefficient (Wildman–Crippen LogP) is 1.65. The van der Waals surface area contributed by atoms with E-state index in [0.29, 0.717) is 10.2 Å². The first-order chi connectivity index (χ1) is 9.09. The molecule has 0 radical (unpaired) electrons. The van der Waals surface area contributed by atoms with Crippen molar-refractivity contribution in [2.24, 2.45) is 0 Å². The lowest BCUT2D eigenvalue weighted by Gasteiger charge is -2.00. The van der Waals surface area contributed by atoms with Gasteiger partial charge >= 0.3 is 5.97 Å². The largest absolute Gasteiger partial charge is 0.480 e. The first-order valence-corrected chi connectivity index (χ1v) is 6.18. The lowest BCUT2D eigenvalue weighted by atomic mass is 10.1. The number of carboxylic acid groups (broad SMARTS) is 1. The van der Waals surface area contributed by atoms with Crippen LogP contribution < -0.4 is 5.32 Å². The lowest BCUT2D eigenvalue weighted by Crippen LogP contribution is -2.29. The van der Waals surface area contributed by atoms with Crippen LogP contribution in [0.3, 0.4) is 0 Å². The summed E-state index contributed by atoms with van der Waals surface area (Å²) in [6.45, 7) is -0.440. The average molecular weight is 324 g/mol. The molecule has 0 saturated heterocycles. The van der Waals surface area contributed by atoms with Gasteiger partial charge in [-0.25, -0.2) is 0 Å². The first kappa shape index (κ1) is 13.3. The predicted molar refractivity (Wildman–Crippen MR) is 71.7 cm³/mol. The van der Waals surface area contributed by atoms with E-state index in [9.17, 15) is 9.59 Å². The summed E-state index contributed by atoms with van der Waals surface area (Å²) in [7, 11) is 0. The third-order valence-corrected chi connectivity index (χ3v) is 3.15. The number of aliphatic carboxylic acids is 1. The van der Waals surface area contributed by atoms with Gasteiger partial charge < -0.3 is 10.4 Å². The number of aromatic amines is 1. The number of nitrogens with zero attached hydrogens (tertiary/aromatic N) is 1. The quantitative estimate of drug-likeness (QED) is 0.797. The Hall–Kier alpha value is -2.15. The van der Waals surface area contributed by atoms with Gasteiger partial charge in [-0.3, -0.25) is 14.7 Å². The molecule has 2 rings (SSSR count). The van der Waals surface area contributed by atoms with Crippen LogP contribution in [-0.2, 0) is 4.79 Å². The number of carboxylic acids is 1. The molecule has 1 aromatic carbocycles. The van der Waals surface area contributed by atoms with Crippen LogP contribution >= 0.6 is 15.9 Å². The second-order valence-electron chi connectivity index (χ2n) is 3.70. The molecule has 19 heavy (non-hydrogen) atoms. The summed E-state index contributed by atoms with van der Waals surface area (Å²) in [6.07, 6.45) is 0. The Morgan fingerprint density at radius 3 is 2.63 bits per heavy atom. The van der Waals surface area contributed by atoms with Crippen LogP contribution in [0.2, 0.25) is 0 Å². The zero-order valence-corrected chi connectivity index (χ0v) is 11.3. The Kier molecular flexibility index (Phi) is 3.96. The fraction of sp³-hybridized carbons (Fsp3) is 0.0833. The topological polar surface area (TPSA) is 95.1 Å². The molecule has 0 aliphatic carbocycles. The van der Waals surface area contributed by atoms with Crippen LogP contribution in [0.5, 0.6) is 0 Å². The van der Waals surface area contributed by atoms with E-state index in [1.165, 1.54) is 0 Å². The van der Waals surface area contributed by atoms with E-state index >= 15 is 0 Å². The van der Waals surface area contributed by atoms with Crippen LogP contribution in [0.1, 0.15) is 10.5 Å². The van der Waals surface area contributed by atoms with E-state index in [1.807, 2.05) is 30.3 Å².